The first kappa shape index (κ1) is 17.3. The van der Waals surface area contributed by atoms with Crippen molar-refractivity contribution in [2.45, 2.75) is 0 Å². The summed E-state index contributed by atoms with van der Waals surface area (Å²) in [5.74, 6) is -0.462. The number of nitrogens with one attached hydrogen (secondary N) is 1. The summed E-state index contributed by atoms with van der Waals surface area (Å²) in [5, 5.41) is 22.6. The van der Waals surface area contributed by atoms with Crippen molar-refractivity contribution in [3.05, 3.63) is 39.9 Å². The van der Waals surface area contributed by atoms with Gasteiger partial charge in [0, 0.05) is 50.4 Å². The Labute approximate surface area is 138 Å². The number of rotatable bonds is 4. The van der Waals surface area contributed by atoms with E-state index < -0.39 is 10.8 Å². The number of non-ortho nitro benzene ring substituents is 1. The van der Waals surface area contributed by atoms with Gasteiger partial charge in [-0.05, 0) is 18.3 Å². The van der Waals surface area contributed by atoms with E-state index in [-0.39, 0.29) is 17.9 Å². The van der Waals surface area contributed by atoms with Crippen molar-refractivity contribution in [3.63, 3.8) is 0 Å². The first-order chi connectivity index (χ1) is 11.0. The minimum Gasteiger partial charge on any atom is -0.395 e. The molecule has 1 saturated heterocycles. The maximum atomic E-state index is 12.1. The van der Waals surface area contributed by atoms with E-state index in [0.29, 0.717) is 24.7 Å². The zero-order valence-corrected chi connectivity index (χ0v) is 13.3. The van der Waals surface area contributed by atoms with Crippen molar-refractivity contribution in [1.29, 1.82) is 0 Å². The van der Waals surface area contributed by atoms with Crippen LogP contribution in [0.25, 0.3) is 0 Å². The van der Waals surface area contributed by atoms with E-state index in [1.165, 1.54) is 24.3 Å². The fourth-order valence-electron chi connectivity index (χ4n) is 2.33. The van der Waals surface area contributed by atoms with Gasteiger partial charge in [0.1, 0.15) is 0 Å². The number of amides is 1. The first-order valence-corrected chi connectivity index (χ1v) is 7.60. The average Bonchev–Trinajstić information content (AvgIpc) is 2.55. The fraction of sp³-hybridized carbons (Fsp3) is 0.429. The van der Waals surface area contributed by atoms with Crippen LogP contribution in [0, 0.1) is 10.1 Å². The molecular formula is C14H18N4O4S. The van der Waals surface area contributed by atoms with Gasteiger partial charge >= 0.3 is 0 Å². The number of thiocarbonyl (C=S) groups is 1. The van der Waals surface area contributed by atoms with Crippen molar-refractivity contribution >= 4 is 28.9 Å². The quantitative estimate of drug-likeness (QED) is 0.460. The third kappa shape index (κ3) is 4.68. The van der Waals surface area contributed by atoms with Crippen molar-refractivity contribution in [3.8, 4) is 0 Å². The molecule has 2 N–H and O–H groups in total. The molecule has 2 rings (SSSR count). The van der Waals surface area contributed by atoms with E-state index in [9.17, 15) is 14.9 Å². The zero-order chi connectivity index (χ0) is 16.8. The number of hydrogen-bond acceptors (Lipinski definition) is 6. The van der Waals surface area contributed by atoms with Crippen LogP contribution in [-0.4, -0.2) is 70.2 Å². The van der Waals surface area contributed by atoms with Crippen LogP contribution in [0.15, 0.2) is 24.3 Å². The van der Waals surface area contributed by atoms with Gasteiger partial charge in [0.05, 0.1) is 11.5 Å². The number of aliphatic hydroxyl groups excluding tert-OH is 1. The second-order valence-electron chi connectivity index (χ2n) is 5.12. The summed E-state index contributed by atoms with van der Waals surface area (Å²) < 4.78 is 0. The number of nitrogens with zero attached hydrogens (tertiary/aromatic N) is 3. The molecule has 0 saturated carbocycles. The van der Waals surface area contributed by atoms with E-state index in [0.717, 1.165) is 13.1 Å². The maximum Gasteiger partial charge on any atom is 0.270 e. The van der Waals surface area contributed by atoms with Gasteiger partial charge in [0.15, 0.2) is 5.11 Å². The first-order valence-electron chi connectivity index (χ1n) is 7.19. The van der Waals surface area contributed by atoms with Crippen molar-refractivity contribution in [1.82, 2.24) is 15.1 Å². The lowest BCUT2D eigenvalue weighted by Gasteiger charge is -2.35. The molecule has 0 spiro atoms. The number of carbonyl (C=O) groups excluding carboxylic acids is 1. The molecule has 23 heavy (non-hydrogen) atoms. The monoisotopic (exact) mass is 338 g/mol. The zero-order valence-electron chi connectivity index (χ0n) is 12.5. The summed E-state index contributed by atoms with van der Waals surface area (Å²) >= 11 is 5.23. The third-order valence-corrected chi connectivity index (χ3v) is 3.98. The van der Waals surface area contributed by atoms with Gasteiger partial charge in [-0.15, -0.1) is 0 Å². The van der Waals surface area contributed by atoms with Crippen LogP contribution < -0.4 is 5.32 Å². The SMILES string of the molecule is O=C(NC(=S)N1CCN(CCO)CC1)c1cccc([N+](=O)[O-])c1. The second kappa shape index (κ2) is 7.95. The van der Waals surface area contributed by atoms with Gasteiger partial charge in [0.2, 0.25) is 0 Å². The molecule has 0 aliphatic carbocycles. The maximum absolute atomic E-state index is 12.1. The Kier molecular flexibility index (Phi) is 5.97. The summed E-state index contributed by atoms with van der Waals surface area (Å²) in [6.45, 7) is 3.58. The molecular weight excluding hydrogens is 320 g/mol. The van der Waals surface area contributed by atoms with Crippen molar-refractivity contribution in [2.24, 2.45) is 0 Å². The van der Waals surface area contributed by atoms with Crippen LogP contribution in [0.1, 0.15) is 10.4 Å². The summed E-state index contributed by atoms with van der Waals surface area (Å²) in [7, 11) is 0. The van der Waals surface area contributed by atoms with Crippen LogP contribution in [0.3, 0.4) is 0 Å². The Morgan fingerprint density at radius 2 is 2.04 bits per heavy atom. The summed E-state index contributed by atoms with van der Waals surface area (Å²) in [5.41, 5.74) is 0.0571. The van der Waals surface area contributed by atoms with Gasteiger partial charge in [-0.1, -0.05) is 6.07 Å². The van der Waals surface area contributed by atoms with E-state index in [1.54, 1.807) is 0 Å². The summed E-state index contributed by atoms with van der Waals surface area (Å²) in [6, 6.07) is 5.51. The lowest BCUT2D eigenvalue weighted by Crippen LogP contribution is -2.53. The molecule has 1 fully saturated rings. The molecule has 1 aliphatic rings. The number of aliphatic hydroxyl groups is 1. The minimum atomic E-state index is -0.546. The number of nitro benzene ring substituents is 1. The topological polar surface area (TPSA) is 99.0 Å². The van der Waals surface area contributed by atoms with Crippen LogP contribution in [0.4, 0.5) is 5.69 Å². The summed E-state index contributed by atoms with van der Waals surface area (Å²) in [4.78, 5) is 26.3. The number of carbonyl (C=O) groups is 1. The molecule has 1 aliphatic heterocycles. The van der Waals surface area contributed by atoms with Gasteiger partial charge in [-0.2, -0.15) is 0 Å². The predicted molar refractivity (Wildman–Crippen MR) is 88.3 cm³/mol. The van der Waals surface area contributed by atoms with Crippen molar-refractivity contribution < 1.29 is 14.8 Å². The van der Waals surface area contributed by atoms with Gasteiger partial charge < -0.3 is 10.0 Å². The average molecular weight is 338 g/mol. The molecule has 1 aromatic rings. The Hall–Kier alpha value is -2.10. The number of piperazine rings is 1. The highest BCUT2D eigenvalue weighted by molar-refractivity contribution is 7.80. The lowest BCUT2D eigenvalue weighted by molar-refractivity contribution is -0.384. The Morgan fingerprint density at radius 3 is 2.65 bits per heavy atom. The van der Waals surface area contributed by atoms with Gasteiger partial charge in [0.25, 0.3) is 11.6 Å². The molecule has 8 nitrogen and oxygen atoms in total. The fourth-order valence-corrected chi connectivity index (χ4v) is 2.60. The molecule has 124 valence electrons. The van der Waals surface area contributed by atoms with Crippen LogP contribution in [0.2, 0.25) is 0 Å². The van der Waals surface area contributed by atoms with Gasteiger partial charge in [-0.3, -0.25) is 25.1 Å². The lowest BCUT2D eigenvalue weighted by atomic mass is 10.2. The highest BCUT2D eigenvalue weighted by atomic mass is 32.1. The van der Waals surface area contributed by atoms with Crippen molar-refractivity contribution in [2.75, 3.05) is 39.3 Å². The summed E-state index contributed by atoms with van der Waals surface area (Å²) in [6.07, 6.45) is 0. The normalized spacial score (nSPS) is 15.3. The molecule has 0 bridgehead atoms. The van der Waals surface area contributed by atoms with E-state index in [4.69, 9.17) is 17.3 Å². The molecule has 1 aromatic carbocycles. The van der Waals surface area contributed by atoms with E-state index in [2.05, 4.69) is 10.2 Å². The largest absolute Gasteiger partial charge is 0.395 e. The molecule has 1 amide bonds. The number of benzene rings is 1. The van der Waals surface area contributed by atoms with Crippen LogP contribution >= 0.6 is 12.2 Å². The smallest absolute Gasteiger partial charge is 0.270 e. The third-order valence-electron chi connectivity index (χ3n) is 3.62. The predicted octanol–water partition coefficient (Wildman–Crippen LogP) is 0.219. The molecule has 0 atom stereocenters. The molecule has 0 radical (unpaired) electrons. The number of β-amino-alcohol motifs (C(OH)–C–C–N with tert-alkyl or cyclic N) is 1. The number of nitro groups is 1. The number of hydrogen-bond donors (Lipinski definition) is 2. The standard InChI is InChI=1S/C14H18N4O4S/c19-9-8-16-4-6-17(7-5-16)14(23)15-13(20)11-2-1-3-12(10-11)18(21)22/h1-3,10,19H,4-9H2,(H,15,20,23). The van der Waals surface area contributed by atoms with E-state index >= 15 is 0 Å². The van der Waals surface area contributed by atoms with E-state index in [1.807, 2.05) is 4.90 Å². The highest BCUT2D eigenvalue weighted by Crippen LogP contribution is 2.13. The van der Waals surface area contributed by atoms with Crippen LogP contribution in [-0.2, 0) is 0 Å². The molecule has 0 unspecified atom stereocenters. The molecule has 1 heterocycles. The van der Waals surface area contributed by atoms with Gasteiger partial charge in [-0.25, -0.2) is 0 Å². The Balaban J connectivity index is 1.91. The highest BCUT2D eigenvalue weighted by Gasteiger charge is 2.20. The van der Waals surface area contributed by atoms with Crippen LogP contribution in [0.5, 0.6) is 0 Å². The molecule has 9 heteroatoms. The Bertz CT molecular complexity index is 602. The second-order valence-corrected chi connectivity index (χ2v) is 5.51. The molecule has 0 aromatic heterocycles. The minimum absolute atomic E-state index is 0.119. The Morgan fingerprint density at radius 1 is 1.35 bits per heavy atom.